The minimum atomic E-state index is 0.411. The van der Waals surface area contributed by atoms with Gasteiger partial charge >= 0.3 is 0 Å². The molecule has 0 atom stereocenters. The Bertz CT molecular complexity index is 617. The van der Waals surface area contributed by atoms with Crippen LogP contribution in [0.25, 0.3) is 16.7 Å². The average Bonchev–Trinajstić information content (AvgIpc) is 2.66. The predicted molar refractivity (Wildman–Crippen MR) is 51.1 cm³/mol. The molecule has 0 unspecified atom stereocenters. The van der Waals surface area contributed by atoms with E-state index < -0.39 is 0 Å². The third-order valence-corrected chi connectivity index (χ3v) is 2.29. The highest BCUT2D eigenvalue weighted by Gasteiger charge is 2.07. The standard InChI is InChI=1S/C8H4ClN5/c9-7-5-3-1-2-4-6(5)14-8(10-7)11-12-13-14/h1-4H. The maximum atomic E-state index is 5.97. The van der Waals surface area contributed by atoms with Gasteiger partial charge in [0.15, 0.2) is 0 Å². The molecule has 2 aromatic heterocycles. The van der Waals surface area contributed by atoms with Gasteiger partial charge in [-0.2, -0.15) is 9.50 Å². The van der Waals surface area contributed by atoms with Crippen molar-refractivity contribution in [3.05, 3.63) is 29.4 Å². The molecule has 0 aliphatic rings. The number of rotatable bonds is 0. The number of nitrogens with zero attached hydrogens (tertiary/aromatic N) is 5. The predicted octanol–water partition coefficient (Wildman–Crippen LogP) is 1.33. The van der Waals surface area contributed by atoms with Gasteiger partial charge in [-0.15, -0.1) is 0 Å². The number of halogens is 1. The molecule has 3 aromatic rings. The van der Waals surface area contributed by atoms with E-state index in [2.05, 4.69) is 20.5 Å². The van der Waals surface area contributed by atoms with E-state index in [0.29, 0.717) is 10.9 Å². The van der Waals surface area contributed by atoms with Gasteiger partial charge in [0.25, 0.3) is 5.78 Å². The molecule has 0 aliphatic carbocycles. The van der Waals surface area contributed by atoms with Gasteiger partial charge in [-0.25, -0.2) is 0 Å². The van der Waals surface area contributed by atoms with Crippen LogP contribution in [0.3, 0.4) is 0 Å². The number of hydrogen-bond donors (Lipinski definition) is 0. The van der Waals surface area contributed by atoms with Gasteiger partial charge in [-0.05, 0) is 22.6 Å². The molecule has 0 amide bonds. The summed E-state index contributed by atoms with van der Waals surface area (Å²) in [6, 6.07) is 7.57. The lowest BCUT2D eigenvalue weighted by Crippen LogP contribution is -1.94. The van der Waals surface area contributed by atoms with E-state index in [-0.39, 0.29) is 0 Å². The van der Waals surface area contributed by atoms with Crippen molar-refractivity contribution in [2.45, 2.75) is 0 Å². The highest BCUT2D eigenvalue weighted by Crippen LogP contribution is 2.20. The second kappa shape index (κ2) is 2.62. The van der Waals surface area contributed by atoms with Crippen molar-refractivity contribution in [2.75, 3.05) is 0 Å². The monoisotopic (exact) mass is 205 g/mol. The zero-order valence-corrected chi connectivity index (χ0v) is 7.68. The summed E-state index contributed by atoms with van der Waals surface area (Å²) in [7, 11) is 0. The number of hydrogen-bond acceptors (Lipinski definition) is 4. The van der Waals surface area contributed by atoms with Crippen LogP contribution in [-0.4, -0.2) is 25.0 Å². The van der Waals surface area contributed by atoms with E-state index in [1.165, 1.54) is 0 Å². The Morgan fingerprint density at radius 3 is 3.00 bits per heavy atom. The number of para-hydroxylation sites is 1. The minimum absolute atomic E-state index is 0.411. The normalized spacial score (nSPS) is 11.2. The van der Waals surface area contributed by atoms with Crippen LogP contribution in [-0.2, 0) is 0 Å². The van der Waals surface area contributed by atoms with Gasteiger partial charge in [0.2, 0.25) is 0 Å². The summed E-state index contributed by atoms with van der Waals surface area (Å²) in [4.78, 5) is 4.06. The average molecular weight is 206 g/mol. The van der Waals surface area contributed by atoms with Crippen molar-refractivity contribution >= 4 is 28.3 Å². The van der Waals surface area contributed by atoms with Crippen molar-refractivity contribution in [1.82, 2.24) is 25.0 Å². The lowest BCUT2D eigenvalue weighted by Gasteiger charge is -1.99. The summed E-state index contributed by atoms with van der Waals surface area (Å²) in [5, 5.41) is 12.4. The second-order valence-corrected chi connectivity index (χ2v) is 3.17. The number of fused-ring (bicyclic) bond motifs is 3. The fraction of sp³-hybridized carbons (Fsp3) is 0. The Hall–Kier alpha value is -1.75. The molecular weight excluding hydrogens is 202 g/mol. The molecule has 0 bridgehead atoms. The Kier molecular flexibility index (Phi) is 1.43. The number of benzene rings is 1. The van der Waals surface area contributed by atoms with E-state index in [1.807, 2.05) is 24.3 Å². The molecule has 1 aromatic carbocycles. The zero-order chi connectivity index (χ0) is 9.54. The molecule has 0 fully saturated rings. The molecule has 68 valence electrons. The van der Waals surface area contributed by atoms with Gasteiger partial charge in [0, 0.05) is 5.39 Å². The van der Waals surface area contributed by atoms with Crippen LogP contribution in [0.1, 0.15) is 0 Å². The quantitative estimate of drug-likeness (QED) is 0.520. The fourth-order valence-electron chi connectivity index (χ4n) is 1.39. The van der Waals surface area contributed by atoms with Crippen molar-refractivity contribution in [3.8, 4) is 0 Å². The SMILES string of the molecule is Clc1nc2nnnn2c2ccccc12. The van der Waals surface area contributed by atoms with Crippen molar-refractivity contribution in [2.24, 2.45) is 0 Å². The molecule has 3 rings (SSSR count). The van der Waals surface area contributed by atoms with E-state index in [0.717, 1.165) is 10.9 Å². The largest absolute Gasteiger partial charge is 0.275 e. The van der Waals surface area contributed by atoms with Crippen molar-refractivity contribution < 1.29 is 0 Å². The maximum absolute atomic E-state index is 5.97. The fourth-order valence-corrected chi connectivity index (χ4v) is 1.62. The molecular formula is C8H4ClN5. The smallest absolute Gasteiger partial charge is 0.197 e. The molecule has 6 heteroatoms. The van der Waals surface area contributed by atoms with Crippen LogP contribution in [0.4, 0.5) is 0 Å². The molecule has 0 N–H and O–H groups in total. The third kappa shape index (κ3) is 0.898. The van der Waals surface area contributed by atoms with Gasteiger partial charge in [-0.1, -0.05) is 28.8 Å². The second-order valence-electron chi connectivity index (χ2n) is 2.81. The molecule has 0 aliphatic heterocycles. The van der Waals surface area contributed by atoms with Crippen LogP contribution in [0.5, 0.6) is 0 Å². The maximum Gasteiger partial charge on any atom is 0.275 e. The topological polar surface area (TPSA) is 56.0 Å². The minimum Gasteiger partial charge on any atom is -0.197 e. The van der Waals surface area contributed by atoms with Crippen molar-refractivity contribution in [1.29, 1.82) is 0 Å². The molecule has 0 saturated carbocycles. The lowest BCUT2D eigenvalue weighted by molar-refractivity contribution is 0.840. The number of tetrazole rings is 1. The van der Waals surface area contributed by atoms with E-state index in [4.69, 9.17) is 11.6 Å². The van der Waals surface area contributed by atoms with Gasteiger partial charge in [0.05, 0.1) is 5.52 Å². The number of aromatic nitrogens is 5. The van der Waals surface area contributed by atoms with Gasteiger partial charge < -0.3 is 0 Å². The molecule has 0 spiro atoms. The van der Waals surface area contributed by atoms with E-state index in [9.17, 15) is 0 Å². The van der Waals surface area contributed by atoms with Crippen LogP contribution in [0, 0.1) is 0 Å². The summed E-state index contributed by atoms with van der Waals surface area (Å²) in [6.45, 7) is 0. The summed E-state index contributed by atoms with van der Waals surface area (Å²) >= 11 is 5.97. The van der Waals surface area contributed by atoms with E-state index in [1.54, 1.807) is 4.52 Å². The highest BCUT2D eigenvalue weighted by atomic mass is 35.5. The first-order valence-electron chi connectivity index (χ1n) is 3.98. The van der Waals surface area contributed by atoms with Crippen LogP contribution < -0.4 is 0 Å². The summed E-state index contributed by atoms with van der Waals surface area (Å²) in [5.74, 6) is 0.411. The van der Waals surface area contributed by atoms with Crippen LogP contribution >= 0.6 is 11.6 Å². The first-order chi connectivity index (χ1) is 6.86. The summed E-state index contributed by atoms with van der Waals surface area (Å²) < 4.78 is 1.56. The van der Waals surface area contributed by atoms with Gasteiger partial charge in [-0.3, -0.25) is 0 Å². The molecule has 0 radical (unpaired) electrons. The Morgan fingerprint density at radius 2 is 2.07 bits per heavy atom. The first-order valence-corrected chi connectivity index (χ1v) is 4.36. The highest BCUT2D eigenvalue weighted by molar-refractivity contribution is 6.34. The molecule has 2 heterocycles. The first kappa shape index (κ1) is 7.64. The van der Waals surface area contributed by atoms with Crippen LogP contribution in [0.15, 0.2) is 24.3 Å². The summed E-state index contributed by atoms with van der Waals surface area (Å²) in [5.41, 5.74) is 0.854. The Labute approximate surface area is 83.3 Å². The zero-order valence-electron chi connectivity index (χ0n) is 6.92. The van der Waals surface area contributed by atoms with Crippen molar-refractivity contribution in [3.63, 3.8) is 0 Å². The van der Waals surface area contributed by atoms with Gasteiger partial charge in [0.1, 0.15) is 5.15 Å². The Morgan fingerprint density at radius 1 is 1.21 bits per heavy atom. The van der Waals surface area contributed by atoms with E-state index >= 15 is 0 Å². The Balaban J connectivity index is 2.67. The lowest BCUT2D eigenvalue weighted by atomic mass is 10.2. The molecule has 5 nitrogen and oxygen atoms in total. The summed E-state index contributed by atoms with van der Waals surface area (Å²) in [6.07, 6.45) is 0. The third-order valence-electron chi connectivity index (χ3n) is 2.01. The van der Waals surface area contributed by atoms with Crippen LogP contribution in [0.2, 0.25) is 5.15 Å². The molecule has 14 heavy (non-hydrogen) atoms. The molecule has 0 saturated heterocycles.